The molecule has 0 saturated carbocycles. The van der Waals surface area contributed by atoms with E-state index in [1.54, 1.807) is 18.2 Å². The summed E-state index contributed by atoms with van der Waals surface area (Å²) in [6.45, 7) is 0.220. The van der Waals surface area contributed by atoms with Gasteiger partial charge in [-0.25, -0.2) is 4.68 Å². The van der Waals surface area contributed by atoms with E-state index in [2.05, 4.69) is 5.10 Å². The molecule has 0 bridgehead atoms. The molecular formula is C11H9Cl2N3O. The van der Waals surface area contributed by atoms with E-state index in [1.807, 2.05) is 0 Å². The SMILES string of the molecule is Nc1cnn(Cc2c(Cl)cccc2Cl)c(=O)c1. The fourth-order valence-corrected chi connectivity index (χ4v) is 1.92. The molecule has 6 heteroatoms. The number of rotatable bonds is 2. The Labute approximate surface area is 108 Å². The first-order chi connectivity index (χ1) is 8.08. The number of anilines is 1. The minimum atomic E-state index is -0.291. The van der Waals surface area contributed by atoms with Crippen LogP contribution in [0.15, 0.2) is 35.3 Å². The van der Waals surface area contributed by atoms with E-state index >= 15 is 0 Å². The third kappa shape index (κ3) is 2.60. The van der Waals surface area contributed by atoms with Crippen molar-refractivity contribution < 1.29 is 0 Å². The van der Waals surface area contributed by atoms with Crippen LogP contribution in [0.25, 0.3) is 0 Å². The molecule has 1 aromatic carbocycles. The number of hydrogen-bond acceptors (Lipinski definition) is 3. The van der Waals surface area contributed by atoms with Crippen molar-refractivity contribution >= 4 is 28.9 Å². The maximum Gasteiger partial charge on any atom is 0.269 e. The molecule has 1 aromatic heterocycles. The van der Waals surface area contributed by atoms with Gasteiger partial charge in [0.15, 0.2) is 0 Å². The van der Waals surface area contributed by atoms with Gasteiger partial charge in [-0.1, -0.05) is 29.3 Å². The molecule has 0 radical (unpaired) electrons. The minimum Gasteiger partial charge on any atom is -0.397 e. The molecule has 0 amide bonds. The molecule has 17 heavy (non-hydrogen) atoms. The first kappa shape index (κ1) is 12.0. The van der Waals surface area contributed by atoms with Gasteiger partial charge in [0.05, 0.1) is 18.4 Å². The summed E-state index contributed by atoms with van der Waals surface area (Å²) in [6.07, 6.45) is 1.41. The number of benzene rings is 1. The van der Waals surface area contributed by atoms with Crippen molar-refractivity contribution in [2.24, 2.45) is 0 Å². The van der Waals surface area contributed by atoms with E-state index in [-0.39, 0.29) is 12.1 Å². The smallest absolute Gasteiger partial charge is 0.269 e. The molecule has 2 aromatic rings. The fourth-order valence-electron chi connectivity index (χ4n) is 1.40. The van der Waals surface area contributed by atoms with Gasteiger partial charge < -0.3 is 5.73 Å². The highest BCUT2D eigenvalue weighted by Gasteiger charge is 2.07. The van der Waals surface area contributed by atoms with E-state index in [4.69, 9.17) is 28.9 Å². The number of nitrogen functional groups attached to an aromatic ring is 1. The highest BCUT2D eigenvalue weighted by Crippen LogP contribution is 2.24. The van der Waals surface area contributed by atoms with Crippen LogP contribution in [0.4, 0.5) is 5.69 Å². The molecule has 4 nitrogen and oxygen atoms in total. The van der Waals surface area contributed by atoms with E-state index in [1.165, 1.54) is 16.9 Å². The van der Waals surface area contributed by atoms with Gasteiger partial charge in [-0.05, 0) is 12.1 Å². The van der Waals surface area contributed by atoms with Gasteiger partial charge in [-0.15, -0.1) is 0 Å². The topological polar surface area (TPSA) is 60.9 Å². The van der Waals surface area contributed by atoms with E-state index < -0.39 is 0 Å². The van der Waals surface area contributed by atoms with Crippen LogP contribution in [-0.4, -0.2) is 9.78 Å². The molecular weight excluding hydrogens is 261 g/mol. The zero-order chi connectivity index (χ0) is 12.4. The van der Waals surface area contributed by atoms with Crippen molar-refractivity contribution in [2.75, 3.05) is 5.73 Å². The molecule has 0 atom stereocenters. The third-order valence-corrected chi connectivity index (χ3v) is 2.97. The van der Waals surface area contributed by atoms with Crippen LogP contribution in [0.1, 0.15) is 5.56 Å². The number of aromatic nitrogens is 2. The molecule has 0 saturated heterocycles. The monoisotopic (exact) mass is 269 g/mol. The number of nitrogens with zero attached hydrogens (tertiary/aromatic N) is 2. The Morgan fingerprint density at radius 3 is 2.53 bits per heavy atom. The van der Waals surface area contributed by atoms with Crippen molar-refractivity contribution in [3.63, 3.8) is 0 Å². The van der Waals surface area contributed by atoms with E-state index in [9.17, 15) is 4.79 Å². The molecule has 0 aliphatic carbocycles. The first-order valence-electron chi connectivity index (χ1n) is 4.83. The Balaban J connectivity index is 2.42. The van der Waals surface area contributed by atoms with Crippen LogP contribution < -0.4 is 11.3 Å². The molecule has 88 valence electrons. The van der Waals surface area contributed by atoms with Crippen LogP contribution in [0, 0.1) is 0 Å². The van der Waals surface area contributed by atoms with Crippen molar-refractivity contribution in [3.05, 3.63) is 56.4 Å². The highest BCUT2D eigenvalue weighted by atomic mass is 35.5. The number of halogens is 2. The molecule has 2 N–H and O–H groups in total. The molecule has 2 rings (SSSR count). The summed E-state index contributed by atoms with van der Waals surface area (Å²) in [6, 6.07) is 6.47. The van der Waals surface area contributed by atoms with Crippen LogP contribution in [0.3, 0.4) is 0 Å². The molecule has 0 fully saturated rings. The van der Waals surface area contributed by atoms with Crippen molar-refractivity contribution in [1.82, 2.24) is 9.78 Å². The van der Waals surface area contributed by atoms with Crippen LogP contribution in [0.2, 0.25) is 10.0 Å². The summed E-state index contributed by atoms with van der Waals surface area (Å²) in [7, 11) is 0. The van der Waals surface area contributed by atoms with Gasteiger partial charge in [-0.2, -0.15) is 5.10 Å². The quantitative estimate of drug-likeness (QED) is 0.909. The van der Waals surface area contributed by atoms with Gasteiger partial charge in [0.1, 0.15) is 0 Å². The average Bonchev–Trinajstić information content (AvgIpc) is 2.26. The highest BCUT2D eigenvalue weighted by molar-refractivity contribution is 6.35. The zero-order valence-electron chi connectivity index (χ0n) is 8.73. The van der Waals surface area contributed by atoms with Crippen molar-refractivity contribution in [2.45, 2.75) is 6.54 Å². The van der Waals surface area contributed by atoms with Gasteiger partial charge in [-0.3, -0.25) is 4.79 Å². The number of hydrogen-bond donors (Lipinski definition) is 1. The molecule has 0 spiro atoms. The maximum absolute atomic E-state index is 11.6. The Bertz CT molecular complexity index is 590. The molecule has 1 heterocycles. The molecule has 0 unspecified atom stereocenters. The second-order valence-corrected chi connectivity index (χ2v) is 4.30. The lowest BCUT2D eigenvalue weighted by Crippen LogP contribution is -2.23. The van der Waals surface area contributed by atoms with Crippen LogP contribution in [-0.2, 0) is 6.54 Å². The summed E-state index contributed by atoms with van der Waals surface area (Å²) in [5.74, 6) is 0. The van der Waals surface area contributed by atoms with Gasteiger partial charge in [0, 0.05) is 21.7 Å². The molecule has 0 aliphatic rings. The summed E-state index contributed by atoms with van der Waals surface area (Å²) >= 11 is 12.0. The Kier molecular flexibility index (Phi) is 3.36. The van der Waals surface area contributed by atoms with Gasteiger partial charge in [0.2, 0.25) is 0 Å². The normalized spacial score (nSPS) is 10.5. The lowest BCUT2D eigenvalue weighted by Gasteiger charge is -2.08. The predicted octanol–water partition coefficient (Wildman–Crippen LogP) is 2.18. The summed E-state index contributed by atoms with van der Waals surface area (Å²) in [5.41, 5.74) is 6.15. The number of nitrogens with two attached hydrogens (primary N) is 1. The Morgan fingerprint density at radius 1 is 1.29 bits per heavy atom. The van der Waals surface area contributed by atoms with Crippen molar-refractivity contribution in [3.8, 4) is 0 Å². The maximum atomic E-state index is 11.6. The second-order valence-electron chi connectivity index (χ2n) is 3.49. The van der Waals surface area contributed by atoms with Crippen LogP contribution >= 0.6 is 23.2 Å². The zero-order valence-corrected chi connectivity index (χ0v) is 10.2. The minimum absolute atomic E-state index is 0.220. The van der Waals surface area contributed by atoms with Crippen LogP contribution in [0.5, 0.6) is 0 Å². The summed E-state index contributed by atoms with van der Waals surface area (Å²) in [5, 5.41) is 4.92. The predicted molar refractivity (Wildman–Crippen MR) is 68.5 cm³/mol. The largest absolute Gasteiger partial charge is 0.397 e. The molecule has 0 aliphatic heterocycles. The Morgan fingerprint density at radius 2 is 1.94 bits per heavy atom. The average molecular weight is 270 g/mol. The summed E-state index contributed by atoms with van der Waals surface area (Å²) in [4.78, 5) is 11.6. The fraction of sp³-hybridized carbons (Fsp3) is 0.0909. The van der Waals surface area contributed by atoms with E-state index in [0.29, 0.717) is 21.3 Å². The lowest BCUT2D eigenvalue weighted by molar-refractivity contribution is 0.640. The lowest BCUT2D eigenvalue weighted by atomic mass is 10.2. The standard InChI is InChI=1S/C11H9Cl2N3O/c12-9-2-1-3-10(13)8(9)6-16-11(17)4-7(14)5-15-16/h1-5H,6,14H2. The first-order valence-corrected chi connectivity index (χ1v) is 5.59. The van der Waals surface area contributed by atoms with Gasteiger partial charge in [0.25, 0.3) is 5.56 Å². The Hall–Kier alpha value is -1.52. The second kappa shape index (κ2) is 4.77. The third-order valence-electron chi connectivity index (χ3n) is 2.26. The van der Waals surface area contributed by atoms with E-state index in [0.717, 1.165) is 0 Å². The van der Waals surface area contributed by atoms with Crippen molar-refractivity contribution in [1.29, 1.82) is 0 Å². The van der Waals surface area contributed by atoms with Gasteiger partial charge >= 0.3 is 0 Å². The summed E-state index contributed by atoms with van der Waals surface area (Å²) < 4.78 is 1.25.